The summed E-state index contributed by atoms with van der Waals surface area (Å²) in [5, 5.41) is 2.89. The Morgan fingerprint density at radius 3 is 2.36 bits per heavy atom. The molecule has 0 aromatic heterocycles. The Hall–Kier alpha value is -2.69. The summed E-state index contributed by atoms with van der Waals surface area (Å²) in [5.41, 5.74) is 1.14. The minimum Gasteiger partial charge on any atom is -0.497 e. The van der Waals surface area contributed by atoms with Crippen molar-refractivity contribution in [1.82, 2.24) is 5.32 Å². The van der Waals surface area contributed by atoms with E-state index in [4.69, 9.17) is 9.47 Å². The first-order valence-corrected chi connectivity index (χ1v) is 8.56. The molecule has 0 spiro atoms. The van der Waals surface area contributed by atoms with Gasteiger partial charge in [0, 0.05) is 25.2 Å². The monoisotopic (exact) mass is 342 g/mol. The number of hydrogen-bond donors (Lipinski definition) is 1. The number of amides is 1. The van der Waals surface area contributed by atoms with Gasteiger partial charge < -0.3 is 19.7 Å². The highest BCUT2D eigenvalue weighted by Gasteiger charge is 2.07. The van der Waals surface area contributed by atoms with Gasteiger partial charge in [-0.3, -0.25) is 4.79 Å². The van der Waals surface area contributed by atoms with Crippen LogP contribution in [-0.2, 0) is 4.79 Å². The van der Waals surface area contributed by atoms with Crippen molar-refractivity contribution in [2.75, 3.05) is 38.3 Å². The number of ether oxygens (including phenoxy) is 2. The summed E-state index contributed by atoms with van der Waals surface area (Å²) in [6.45, 7) is 4.59. The van der Waals surface area contributed by atoms with Crippen LogP contribution >= 0.6 is 0 Å². The maximum atomic E-state index is 12.0. The van der Waals surface area contributed by atoms with Crippen LogP contribution in [0, 0.1) is 0 Å². The van der Waals surface area contributed by atoms with Gasteiger partial charge in [-0.2, -0.15) is 0 Å². The second-order valence-corrected chi connectivity index (χ2v) is 5.54. The number of para-hydroxylation sites is 1. The van der Waals surface area contributed by atoms with Crippen molar-refractivity contribution in [2.24, 2.45) is 0 Å². The molecular formula is C20H26N2O3. The van der Waals surface area contributed by atoms with Crippen LogP contribution < -0.4 is 19.7 Å². The third kappa shape index (κ3) is 6.37. The van der Waals surface area contributed by atoms with Crippen LogP contribution in [0.1, 0.15) is 13.3 Å². The van der Waals surface area contributed by atoms with E-state index in [-0.39, 0.29) is 5.91 Å². The first-order valence-electron chi connectivity index (χ1n) is 8.56. The smallest absolute Gasteiger partial charge is 0.221 e. The molecule has 5 nitrogen and oxygen atoms in total. The molecule has 2 aromatic carbocycles. The van der Waals surface area contributed by atoms with Crippen molar-refractivity contribution in [3.05, 3.63) is 54.6 Å². The molecular weight excluding hydrogens is 316 g/mol. The number of methoxy groups -OCH3 is 1. The van der Waals surface area contributed by atoms with Crippen LogP contribution in [0.25, 0.3) is 0 Å². The quantitative estimate of drug-likeness (QED) is 0.674. The van der Waals surface area contributed by atoms with E-state index in [1.807, 2.05) is 42.5 Å². The Morgan fingerprint density at radius 1 is 1.04 bits per heavy atom. The molecule has 1 N–H and O–H groups in total. The Labute approximate surface area is 149 Å². The number of anilines is 1. The molecule has 134 valence electrons. The molecule has 25 heavy (non-hydrogen) atoms. The number of hydrogen-bond acceptors (Lipinski definition) is 4. The van der Waals surface area contributed by atoms with E-state index in [0.29, 0.717) is 26.1 Å². The minimum absolute atomic E-state index is 0.0349. The lowest BCUT2D eigenvalue weighted by Crippen LogP contribution is -2.32. The number of benzene rings is 2. The SMILES string of the molecule is CCN(CCC(=O)NCCOc1ccc(OC)cc1)c1ccccc1. The Balaban J connectivity index is 1.64. The van der Waals surface area contributed by atoms with Crippen LogP contribution in [0.3, 0.4) is 0 Å². The molecule has 0 saturated carbocycles. The minimum atomic E-state index is 0.0349. The number of rotatable bonds is 10. The molecule has 0 unspecified atom stereocenters. The molecule has 2 rings (SSSR count). The van der Waals surface area contributed by atoms with Crippen molar-refractivity contribution >= 4 is 11.6 Å². The molecule has 0 radical (unpaired) electrons. The third-order valence-electron chi connectivity index (χ3n) is 3.86. The summed E-state index contributed by atoms with van der Waals surface area (Å²) in [5.74, 6) is 1.59. The molecule has 0 aliphatic heterocycles. The van der Waals surface area contributed by atoms with E-state index in [9.17, 15) is 4.79 Å². The zero-order valence-corrected chi connectivity index (χ0v) is 14.9. The molecule has 0 fully saturated rings. The standard InChI is InChI=1S/C20H26N2O3/c1-3-22(17-7-5-4-6-8-17)15-13-20(23)21-14-16-25-19-11-9-18(24-2)10-12-19/h4-12H,3,13-16H2,1-2H3,(H,21,23). The summed E-state index contributed by atoms with van der Waals surface area (Å²) in [6, 6.07) is 17.5. The Bertz CT molecular complexity index is 629. The van der Waals surface area contributed by atoms with Crippen molar-refractivity contribution < 1.29 is 14.3 Å². The number of carbonyl (C=O) groups excluding carboxylic acids is 1. The van der Waals surface area contributed by atoms with Crippen LogP contribution in [0.4, 0.5) is 5.69 Å². The van der Waals surface area contributed by atoms with Crippen LogP contribution in [0.2, 0.25) is 0 Å². The van der Waals surface area contributed by atoms with E-state index in [1.165, 1.54) is 0 Å². The molecule has 1 amide bonds. The van der Waals surface area contributed by atoms with Crippen molar-refractivity contribution in [2.45, 2.75) is 13.3 Å². The van der Waals surface area contributed by atoms with Gasteiger partial charge in [0.15, 0.2) is 0 Å². The first kappa shape index (κ1) is 18.6. The molecule has 5 heteroatoms. The van der Waals surface area contributed by atoms with Crippen LogP contribution in [-0.4, -0.2) is 39.3 Å². The zero-order valence-electron chi connectivity index (χ0n) is 14.9. The lowest BCUT2D eigenvalue weighted by atomic mass is 10.2. The van der Waals surface area contributed by atoms with E-state index in [1.54, 1.807) is 7.11 Å². The lowest BCUT2D eigenvalue weighted by molar-refractivity contribution is -0.121. The van der Waals surface area contributed by atoms with Gasteiger partial charge in [-0.1, -0.05) is 18.2 Å². The second-order valence-electron chi connectivity index (χ2n) is 5.54. The maximum absolute atomic E-state index is 12.0. The van der Waals surface area contributed by atoms with Crippen molar-refractivity contribution in [3.8, 4) is 11.5 Å². The van der Waals surface area contributed by atoms with Gasteiger partial charge in [-0.25, -0.2) is 0 Å². The van der Waals surface area contributed by atoms with E-state index in [0.717, 1.165) is 23.7 Å². The fourth-order valence-electron chi connectivity index (χ4n) is 2.46. The van der Waals surface area contributed by atoms with Crippen LogP contribution in [0.15, 0.2) is 54.6 Å². The summed E-state index contributed by atoms with van der Waals surface area (Å²) >= 11 is 0. The fraction of sp³-hybridized carbons (Fsp3) is 0.350. The lowest BCUT2D eigenvalue weighted by Gasteiger charge is -2.22. The highest BCUT2D eigenvalue weighted by atomic mass is 16.5. The van der Waals surface area contributed by atoms with Gasteiger partial charge in [0.25, 0.3) is 0 Å². The molecule has 0 aliphatic rings. The summed E-state index contributed by atoms with van der Waals surface area (Å²) in [7, 11) is 1.63. The second kappa shape index (κ2) is 10.2. The zero-order chi connectivity index (χ0) is 17.9. The average Bonchev–Trinajstić information content (AvgIpc) is 2.67. The van der Waals surface area contributed by atoms with E-state index in [2.05, 4.69) is 29.3 Å². The highest BCUT2D eigenvalue weighted by Crippen LogP contribution is 2.16. The number of carbonyl (C=O) groups is 1. The number of nitrogens with one attached hydrogen (secondary N) is 1. The summed E-state index contributed by atoms with van der Waals surface area (Å²) in [4.78, 5) is 14.2. The van der Waals surface area contributed by atoms with Gasteiger partial charge in [0.2, 0.25) is 5.91 Å². The Morgan fingerprint density at radius 2 is 1.72 bits per heavy atom. The predicted octanol–water partition coefficient (Wildman–Crippen LogP) is 3.11. The van der Waals surface area contributed by atoms with Gasteiger partial charge in [0.05, 0.1) is 13.7 Å². The van der Waals surface area contributed by atoms with Crippen molar-refractivity contribution in [1.29, 1.82) is 0 Å². The van der Waals surface area contributed by atoms with E-state index < -0.39 is 0 Å². The number of nitrogens with zero attached hydrogens (tertiary/aromatic N) is 1. The maximum Gasteiger partial charge on any atom is 0.221 e. The molecule has 2 aromatic rings. The molecule has 0 heterocycles. The average molecular weight is 342 g/mol. The normalized spacial score (nSPS) is 10.2. The summed E-state index contributed by atoms with van der Waals surface area (Å²) in [6.07, 6.45) is 0.464. The van der Waals surface area contributed by atoms with E-state index >= 15 is 0 Å². The molecule has 0 atom stereocenters. The first-order chi connectivity index (χ1) is 12.2. The van der Waals surface area contributed by atoms with Gasteiger partial charge in [-0.15, -0.1) is 0 Å². The molecule has 0 saturated heterocycles. The largest absolute Gasteiger partial charge is 0.497 e. The van der Waals surface area contributed by atoms with Gasteiger partial charge in [-0.05, 0) is 43.3 Å². The Kier molecular flexibility index (Phi) is 7.63. The highest BCUT2D eigenvalue weighted by molar-refractivity contribution is 5.76. The fourth-order valence-corrected chi connectivity index (χ4v) is 2.46. The van der Waals surface area contributed by atoms with Crippen LogP contribution in [0.5, 0.6) is 11.5 Å². The molecule has 0 aliphatic carbocycles. The van der Waals surface area contributed by atoms with Crippen molar-refractivity contribution in [3.63, 3.8) is 0 Å². The third-order valence-corrected chi connectivity index (χ3v) is 3.86. The van der Waals surface area contributed by atoms with Gasteiger partial charge >= 0.3 is 0 Å². The van der Waals surface area contributed by atoms with Gasteiger partial charge in [0.1, 0.15) is 18.1 Å². The summed E-state index contributed by atoms with van der Waals surface area (Å²) < 4.78 is 10.7. The molecule has 0 bridgehead atoms. The predicted molar refractivity (Wildman–Crippen MR) is 100 cm³/mol. The topological polar surface area (TPSA) is 50.8 Å².